The molecule has 0 atom stereocenters. The van der Waals surface area contributed by atoms with E-state index in [1.807, 2.05) is 22.9 Å². The van der Waals surface area contributed by atoms with Crippen LogP contribution in [0.25, 0.3) is 0 Å². The molecule has 1 aromatic carbocycles. The van der Waals surface area contributed by atoms with E-state index in [-0.39, 0.29) is 0 Å². The molecular weight excluding hydrogens is 314 g/mol. The summed E-state index contributed by atoms with van der Waals surface area (Å²) in [5, 5.41) is 8.43. The van der Waals surface area contributed by atoms with Crippen molar-refractivity contribution in [2.24, 2.45) is 0 Å². The number of nitrogens with zero attached hydrogens (tertiary/aromatic N) is 3. The Bertz CT molecular complexity index is 563. The van der Waals surface area contributed by atoms with Gasteiger partial charge in [-0.3, -0.25) is 0 Å². The van der Waals surface area contributed by atoms with Gasteiger partial charge in [0.05, 0.1) is 18.1 Å². The number of hydrogen-bond donors (Lipinski definition) is 0. The van der Waals surface area contributed by atoms with Crippen molar-refractivity contribution in [2.45, 2.75) is 31.2 Å². The lowest BCUT2D eigenvalue weighted by atomic mass is 10.2. The monoisotopic (exact) mass is 325 g/mol. The van der Waals surface area contributed by atoms with Crippen LogP contribution in [0.5, 0.6) is 0 Å². The molecule has 1 aliphatic rings. The summed E-state index contributed by atoms with van der Waals surface area (Å²) in [5.41, 5.74) is 3.37. The third-order valence-corrected chi connectivity index (χ3v) is 4.24. The van der Waals surface area contributed by atoms with Gasteiger partial charge < -0.3 is 0 Å². The smallest absolute Gasteiger partial charge is 0.101 e. The van der Waals surface area contributed by atoms with Gasteiger partial charge in [-0.2, -0.15) is 0 Å². The number of halogens is 2. The second-order valence-electron chi connectivity index (χ2n) is 4.58. The molecule has 0 N–H and O–H groups in total. The van der Waals surface area contributed by atoms with Gasteiger partial charge in [0.15, 0.2) is 0 Å². The van der Waals surface area contributed by atoms with Gasteiger partial charge in [-0.25, -0.2) is 4.68 Å². The van der Waals surface area contributed by atoms with Gasteiger partial charge in [-0.05, 0) is 24.5 Å². The molecule has 18 heavy (non-hydrogen) atoms. The van der Waals surface area contributed by atoms with E-state index in [9.17, 15) is 0 Å². The molecule has 0 bridgehead atoms. The van der Waals surface area contributed by atoms with E-state index in [0.717, 1.165) is 16.7 Å². The van der Waals surface area contributed by atoms with Gasteiger partial charge in [-0.15, -0.1) is 16.7 Å². The molecule has 1 saturated carbocycles. The summed E-state index contributed by atoms with van der Waals surface area (Å²) in [5.74, 6) is 1.05. The average Bonchev–Trinajstić information content (AvgIpc) is 3.14. The Morgan fingerprint density at radius 2 is 2.11 bits per heavy atom. The molecule has 1 fully saturated rings. The predicted octanol–water partition coefficient (Wildman–Crippen LogP) is 3.71. The number of hydrogen-bond acceptors (Lipinski definition) is 2. The maximum atomic E-state index is 5.93. The first kappa shape index (κ1) is 12.2. The maximum absolute atomic E-state index is 5.93. The third kappa shape index (κ3) is 2.31. The highest BCUT2D eigenvalue weighted by atomic mass is 79.9. The summed E-state index contributed by atoms with van der Waals surface area (Å²) in [6.45, 7) is 0.747. The second kappa shape index (κ2) is 5.02. The first-order valence-corrected chi connectivity index (χ1v) is 7.34. The zero-order chi connectivity index (χ0) is 12.5. The summed E-state index contributed by atoms with van der Waals surface area (Å²) in [6.07, 6.45) is 2.46. The van der Waals surface area contributed by atoms with Crippen LogP contribution in [-0.4, -0.2) is 15.0 Å². The maximum Gasteiger partial charge on any atom is 0.101 e. The Balaban J connectivity index is 1.93. The molecule has 1 aliphatic carbocycles. The predicted molar refractivity (Wildman–Crippen MR) is 74.8 cm³/mol. The van der Waals surface area contributed by atoms with Crippen LogP contribution in [0.2, 0.25) is 0 Å². The topological polar surface area (TPSA) is 30.7 Å². The molecule has 1 aromatic heterocycles. The quantitative estimate of drug-likeness (QED) is 0.802. The van der Waals surface area contributed by atoms with Gasteiger partial charge in [-0.1, -0.05) is 39.3 Å². The van der Waals surface area contributed by atoms with Crippen LogP contribution in [0, 0.1) is 0 Å². The highest BCUT2D eigenvalue weighted by Crippen LogP contribution is 2.41. The lowest BCUT2D eigenvalue weighted by Gasteiger charge is -2.08. The Labute approximate surface area is 119 Å². The molecule has 3 nitrogen and oxygen atoms in total. The zero-order valence-electron chi connectivity index (χ0n) is 9.81. The van der Waals surface area contributed by atoms with E-state index in [2.05, 4.69) is 32.3 Å². The van der Waals surface area contributed by atoms with E-state index >= 15 is 0 Å². The standard InChI is InChI=1S/C13H13BrClN3/c14-11-4-2-1-3-10(11)8-18-13(9-5-6-9)12(7-15)16-17-18/h1-4,9H,5-8H2. The summed E-state index contributed by atoms with van der Waals surface area (Å²) in [7, 11) is 0. The van der Waals surface area contributed by atoms with Crippen molar-refractivity contribution in [1.82, 2.24) is 15.0 Å². The van der Waals surface area contributed by atoms with Crippen LogP contribution in [0.15, 0.2) is 28.7 Å². The Morgan fingerprint density at radius 1 is 1.33 bits per heavy atom. The van der Waals surface area contributed by atoms with E-state index in [1.54, 1.807) is 0 Å². The van der Waals surface area contributed by atoms with Crippen LogP contribution < -0.4 is 0 Å². The molecule has 0 saturated heterocycles. The Morgan fingerprint density at radius 3 is 2.78 bits per heavy atom. The second-order valence-corrected chi connectivity index (χ2v) is 5.70. The summed E-state index contributed by atoms with van der Waals surface area (Å²) in [6, 6.07) is 8.20. The lowest BCUT2D eigenvalue weighted by Crippen LogP contribution is -2.07. The molecule has 3 rings (SSSR count). The van der Waals surface area contributed by atoms with E-state index in [4.69, 9.17) is 11.6 Å². The van der Waals surface area contributed by atoms with Crippen LogP contribution in [-0.2, 0) is 12.4 Å². The SMILES string of the molecule is ClCc1nnn(Cc2ccccc2Br)c1C1CC1. The van der Waals surface area contributed by atoms with E-state index < -0.39 is 0 Å². The number of rotatable bonds is 4. The van der Waals surface area contributed by atoms with Gasteiger partial charge >= 0.3 is 0 Å². The fourth-order valence-corrected chi connectivity index (χ4v) is 2.76. The molecule has 5 heteroatoms. The Hall–Kier alpha value is -0.870. The van der Waals surface area contributed by atoms with Crippen molar-refractivity contribution >= 4 is 27.5 Å². The highest BCUT2D eigenvalue weighted by Gasteiger charge is 2.31. The van der Waals surface area contributed by atoms with E-state index in [0.29, 0.717) is 11.8 Å². The van der Waals surface area contributed by atoms with Gasteiger partial charge in [0, 0.05) is 10.4 Å². The fourth-order valence-electron chi connectivity index (χ4n) is 2.16. The summed E-state index contributed by atoms with van der Waals surface area (Å²) < 4.78 is 3.10. The van der Waals surface area contributed by atoms with Gasteiger partial charge in [0.2, 0.25) is 0 Å². The number of benzene rings is 1. The van der Waals surface area contributed by atoms with Crippen LogP contribution >= 0.6 is 27.5 Å². The van der Waals surface area contributed by atoms with Crippen molar-refractivity contribution in [2.75, 3.05) is 0 Å². The molecule has 0 aliphatic heterocycles. The van der Waals surface area contributed by atoms with Gasteiger partial charge in [0.1, 0.15) is 5.69 Å². The minimum Gasteiger partial charge on any atom is -0.244 e. The van der Waals surface area contributed by atoms with Crippen LogP contribution in [0.1, 0.15) is 35.7 Å². The summed E-state index contributed by atoms with van der Waals surface area (Å²) >= 11 is 9.49. The van der Waals surface area contributed by atoms with Crippen molar-refractivity contribution in [1.29, 1.82) is 0 Å². The van der Waals surface area contributed by atoms with Crippen LogP contribution in [0.3, 0.4) is 0 Å². The molecule has 0 amide bonds. The lowest BCUT2D eigenvalue weighted by molar-refractivity contribution is 0.618. The normalized spacial score (nSPS) is 15.0. The van der Waals surface area contributed by atoms with Crippen molar-refractivity contribution in [3.8, 4) is 0 Å². The third-order valence-electron chi connectivity index (χ3n) is 3.22. The van der Waals surface area contributed by atoms with Crippen molar-refractivity contribution in [3.05, 3.63) is 45.7 Å². The van der Waals surface area contributed by atoms with Crippen LogP contribution in [0.4, 0.5) is 0 Å². The number of alkyl halides is 1. The molecule has 94 valence electrons. The fraction of sp³-hybridized carbons (Fsp3) is 0.385. The number of aromatic nitrogens is 3. The molecule has 0 unspecified atom stereocenters. The average molecular weight is 327 g/mol. The zero-order valence-corrected chi connectivity index (χ0v) is 12.2. The molecule has 0 spiro atoms. The first-order valence-electron chi connectivity index (χ1n) is 6.01. The molecule has 0 radical (unpaired) electrons. The molecular formula is C13H13BrClN3. The summed E-state index contributed by atoms with van der Waals surface area (Å²) in [4.78, 5) is 0. The Kier molecular flexibility index (Phi) is 3.39. The molecule has 2 aromatic rings. The minimum atomic E-state index is 0.446. The minimum absolute atomic E-state index is 0.446. The highest BCUT2D eigenvalue weighted by molar-refractivity contribution is 9.10. The van der Waals surface area contributed by atoms with Crippen molar-refractivity contribution in [3.63, 3.8) is 0 Å². The van der Waals surface area contributed by atoms with Crippen molar-refractivity contribution < 1.29 is 0 Å². The molecule has 1 heterocycles. The van der Waals surface area contributed by atoms with E-state index in [1.165, 1.54) is 24.1 Å². The largest absolute Gasteiger partial charge is 0.244 e. The van der Waals surface area contributed by atoms with Gasteiger partial charge in [0.25, 0.3) is 0 Å². The first-order chi connectivity index (χ1) is 8.79.